The molecule has 2 N–H and O–H groups in total. The summed E-state index contributed by atoms with van der Waals surface area (Å²) >= 11 is 3.28. The Bertz CT molecular complexity index is 426. The van der Waals surface area contributed by atoms with Crippen LogP contribution in [-0.4, -0.2) is 40.8 Å². The molecule has 0 bridgehead atoms. The number of nitrogens with zero attached hydrogens (tertiary/aromatic N) is 2. The SMILES string of the molecule is CCN1CCC(Nc2cn[nH]c(=O)c2Br)CC1. The molecule has 1 aliphatic heterocycles. The zero-order valence-electron chi connectivity index (χ0n) is 9.87. The van der Waals surface area contributed by atoms with Crippen LogP contribution in [0.5, 0.6) is 0 Å². The Morgan fingerprint density at radius 2 is 2.29 bits per heavy atom. The number of aromatic amines is 1. The molecule has 5 nitrogen and oxygen atoms in total. The second-order valence-electron chi connectivity index (χ2n) is 4.28. The zero-order chi connectivity index (χ0) is 12.3. The number of likely N-dealkylation sites (tertiary alicyclic amines) is 1. The van der Waals surface area contributed by atoms with Gasteiger partial charge in [-0.3, -0.25) is 4.79 Å². The Labute approximate surface area is 109 Å². The minimum Gasteiger partial charge on any atom is -0.380 e. The van der Waals surface area contributed by atoms with Gasteiger partial charge in [0.2, 0.25) is 0 Å². The molecule has 17 heavy (non-hydrogen) atoms. The molecule has 0 saturated carbocycles. The van der Waals surface area contributed by atoms with Crippen LogP contribution < -0.4 is 10.9 Å². The number of H-pyrrole nitrogens is 1. The number of hydrogen-bond donors (Lipinski definition) is 2. The molecule has 0 aromatic carbocycles. The lowest BCUT2D eigenvalue weighted by Gasteiger charge is -2.32. The fourth-order valence-electron chi connectivity index (χ4n) is 2.10. The van der Waals surface area contributed by atoms with Crippen LogP contribution in [0, 0.1) is 0 Å². The first-order chi connectivity index (χ1) is 8.20. The highest BCUT2D eigenvalue weighted by Gasteiger charge is 2.18. The molecular formula is C11H17BrN4O. The summed E-state index contributed by atoms with van der Waals surface area (Å²) in [6.07, 6.45) is 3.86. The lowest BCUT2D eigenvalue weighted by molar-refractivity contribution is 0.229. The van der Waals surface area contributed by atoms with Crippen molar-refractivity contribution in [3.63, 3.8) is 0 Å². The lowest BCUT2D eigenvalue weighted by Crippen LogP contribution is -2.39. The Morgan fingerprint density at radius 1 is 1.59 bits per heavy atom. The van der Waals surface area contributed by atoms with E-state index in [0.29, 0.717) is 10.5 Å². The van der Waals surface area contributed by atoms with Crippen molar-refractivity contribution in [3.8, 4) is 0 Å². The van der Waals surface area contributed by atoms with Gasteiger partial charge in [-0.05, 0) is 35.3 Å². The van der Waals surface area contributed by atoms with E-state index in [1.807, 2.05) is 0 Å². The Morgan fingerprint density at radius 3 is 2.94 bits per heavy atom. The summed E-state index contributed by atoms with van der Waals surface area (Å²) in [5, 5.41) is 9.57. The summed E-state index contributed by atoms with van der Waals surface area (Å²) in [5.74, 6) is 0. The molecule has 0 spiro atoms. The highest BCUT2D eigenvalue weighted by Crippen LogP contribution is 2.20. The van der Waals surface area contributed by atoms with E-state index in [9.17, 15) is 4.79 Å². The number of hydrogen-bond acceptors (Lipinski definition) is 4. The molecule has 1 aromatic heterocycles. The van der Waals surface area contributed by atoms with Gasteiger partial charge in [-0.1, -0.05) is 6.92 Å². The van der Waals surface area contributed by atoms with E-state index < -0.39 is 0 Å². The minimum atomic E-state index is -0.194. The van der Waals surface area contributed by atoms with Crippen molar-refractivity contribution in [2.45, 2.75) is 25.8 Å². The first-order valence-corrected chi connectivity index (χ1v) is 6.72. The third kappa shape index (κ3) is 3.07. The van der Waals surface area contributed by atoms with E-state index >= 15 is 0 Å². The van der Waals surface area contributed by atoms with Gasteiger partial charge in [0.15, 0.2) is 0 Å². The summed E-state index contributed by atoms with van der Waals surface area (Å²) < 4.78 is 0.533. The number of anilines is 1. The summed E-state index contributed by atoms with van der Waals surface area (Å²) in [6.45, 7) is 5.53. The van der Waals surface area contributed by atoms with E-state index in [-0.39, 0.29) is 5.56 Å². The van der Waals surface area contributed by atoms with Gasteiger partial charge < -0.3 is 10.2 Å². The van der Waals surface area contributed by atoms with Crippen LogP contribution in [0.15, 0.2) is 15.5 Å². The number of aromatic nitrogens is 2. The maximum Gasteiger partial charge on any atom is 0.280 e. The van der Waals surface area contributed by atoms with Crippen LogP contribution in [0.2, 0.25) is 0 Å². The number of nitrogens with one attached hydrogen (secondary N) is 2. The van der Waals surface area contributed by atoms with E-state index in [4.69, 9.17) is 0 Å². The number of rotatable bonds is 3. The first kappa shape index (κ1) is 12.6. The number of halogens is 1. The van der Waals surface area contributed by atoms with Gasteiger partial charge >= 0.3 is 0 Å². The Hall–Kier alpha value is -0.880. The normalized spacial score (nSPS) is 18.2. The van der Waals surface area contributed by atoms with Gasteiger partial charge in [0.05, 0.1) is 11.9 Å². The fourth-order valence-corrected chi connectivity index (χ4v) is 2.40. The molecular weight excluding hydrogens is 284 g/mol. The second kappa shape index (κ2) is 5.64. The van der Waals surface area contributed by atoms with Crippen LogP contribution in [0.1, 0.15) is 19.8 Å². The van der Waals surface area contributed by atoms with Crippen LogP contribution in [-0.2, 0) is 0 Å². The summed E-state index contributed by atoms with van der Waals surface area (Å²) in [4.78, 5) is 13.8. The Balaban J connectivity index is 1.98. The molecule has 1 aliphatic rings. The molecule has 2 heterocycles. The standard InChI is InChI=1S/C11H17BrN4O/c1-2-16-5-3-8(4-6-16)14-9-7-13-15-11(17)10(9)12/h7-8H,2-6H2,1H3,(H2,14,15,17). The molecule has 1 aromatic rings. The largest absolute Gasteiger partial charge is 0.380 e. The quantitative estimate of drug-likeness (QED) is 0.886. The van der Waals surface area contributed by atoms with Gasteiger partial charge in [-0.15, -0.1) is 0 Å². The van der Waals surface area contributed by atoms with Crippen molar-refractivity contribution in [1.29, 1.82) is 0 Å². The molecule has 2 rings (SSSR count). The molecule has 0 atom stereocenters. The molecule has 0 aliphatic carbocycles. The molecule has 1 saturated heterocycles. The van der Waals surface area contributed by atoms with Gasteiger partial charge in [0.25, 0.3) is 5.56 Å². The topological polar surface area (TPSA) is 61.0 Å². The highest BCUT2D eigenvalue weighted by molar-refractivity contribution is 9.10. The molecule has 0 amide bonds. The number of piperidine rings is 1. The summed E-state index contributed by atoms with van der Waals surface area (Å²) in [7, 11) is 0. The smallest absolute Gasteiger partial charge is 0.280 e. The van der Waals surface area contributed by atoms with Crippen LogP contribution >= 0.6 is 15.9 Å². The zero-order valence-corrected chi connectivity index (χ0v) is 11.5. The van der Waals surface area contributed by atoms with E-state index in [0.717, 1.165) is 38.2 Å². The minimum absolute atomic E-state index is 0.194. The van der Waals surface area contributed by atoms with Crippen LogP contribution in [0.3, 0.4) is 0 Å². The lowest BCUT2D eigenvalue weighted by atomic mass is 10.1. The maximum absolute atomic E-state index is 11.4. The average molecular weight is 301 g/mol. The predicted molar refractivity (Wildman–Crippen MR) is 71.3 cm³/mol. The van der Waals surface area contributed by atoms with Crippen LogP contribution in [0.4, 0.5) is 5.69 Å². The van der Waals surface area contributed by atoms with E-state index in [2.05, 4.69) is 43.3 Å². The third-order valence-electron chi connectivity index (χ3n) is 3.19. The maximum atomic E-state index is 11.4. The second-order valence-corrected chi connectivity index (χ2v) is 5.07. The predicted octanol–water partition coefficient (Wildman–Crippen LogP) is 1.43. The van der Waals surface area contributed by atoms with E-state index in [1.54, 1.807) is 6.20 Å². The molecule has 0 radical (unpaired) electrons. The van der Waals surface area contributed by atoms with Gasteiger partial charge in [-0.2, -0.15) is 5.10 Å². The summed E-state index contributed by atoms with van der Waals surface area (Å²) in [6, 6.07) is 0.428. The fraction of sp³-hybridized carbons (Fsp3) is 0.636. The van der Waals surface area contributed by atoms with Gasteiger partial charge in [-0.25, -0.2) is 5.10 Å². The van der Waals surface area contributed by atoms with Crippen molar-refractivity contribution >= 4 is 21.6 Å². The molecule has 94 valence electrons. The van der Waals surface area contributed by atoms with Crippen molar-refractivity contribution in [3.05, 3.63) is 21.0 Å². The highest BCUT2D eigenvalue weighted by atomic mass is 79.9. The monoisotopic (exact) mass is 300 g/mol. The summed E-state index contributed by atoms with van der Waals surface area (Å²) in [5.41, 5.74) is 0.588. The van der Waals surface area contributed by atoms with Crippen molar-refractivity contribution in [1.82, 2.24) is 15.1 Å². The van der Waals surface area contributed by atoms with Crippen molar-refractivity contribution in [2.24, 2.45) is 0 Å². The van der Waals surface area contributed by atoms with E-state index in [1.165, 1.54) is 0 Å². The third-order valence-corrected chi connectivity index (χ3v) is 3.98. The molecule has 1 fully saturated rings. The van der Waals surface area contributed by atoms with Crippen molar-refractivity contribution in [2.75, 3.05) is 25.0 Å². The molecule has 6 heteroatoms. The first-order valence-electron chi connectivity index (χ1n) is 5.92. The Kier molecular flexibility index (Phi) is 4.17. The van der Waals surface area contributed by atoms with Crippen LogP contribution in [0.25, 0.3) is 0 Å². The average Bonchev–Trinajstić information content (AvgIpc) is 2.36. The van der Waals surface area contributed by atoms with Crippen molar-refractivity contribution < 1.29 is 0 Å². The van der Waals surface area contributed by atoms with Gasteiger partial charge in [0, 0.05) is 19.1 Å². The van der Waals surface area contributed by atoms with Gasteiger partial charge in [0.1, 0.15) is 4.47 Å². The molecule has 0 unspecified atom stereocenters.